The number of methoxy groups -OCH3 is 2. The van der Waals surface area contributed by atoms with Gasteiger partial charge in [-0.2, -0.15) is 0 Å². The predicted octanol–water partition coefficient (Wildman–Crippen LogP) is 4.71. The third-order valence-electron chi connectivity index (χ3n) is 5.54. The van der Waals surface area contributed by atoms with Crippen molar-refractivity contribution in [2.45, 2.75) is 36.5 Å². The second kappa shape index (κ2) is 11.1. The van der Waals surface area contributed by atoms with E-state index in [9.17, 15) is 13.2 Å². The Hall–Kier alpha value is -3.52. The van der Waals surface area contributed by atoms with Crippen LogP contribution in [0.15, 0.2) is 70.5 Å². The second-order valence-electron chi connectivity index (χ2n) is 7.58. The van der Waals surface area contributed by atoms with Gasteiger partial charge in [0.2, 0.25) is 15.7 Å². The minimum absolute atomic E-state index is 0.0633. The van der Waals surface area contributed by atoms with Gasteiger partial charge in [-0.3, -0.25) is 4.79 Å². The Balaban J connectivity index is 1.84. The van der Waals surface area contributed by atoms with E-state index in [2.05, 4.69) is 10.6 Å². The van der Waals surface area contributed by atoms with Gasteiger partial charge in [0.25, 0.3) is 0 Å². The zero-order valence-corrected chi connectivity index (χ0v) is 20.7. The van der Waals surface area contributed by atoms with Crippen LogP contribution in [0.5, 0.6) is 11.5 Å². The quantitative estimate of drug-likeness (QED) is 0.435. The fourth-order valence-corrected chi connectivity index (χ4v) is 5.17. The van der Waals surface area contributed by atoms with Crippen LogP contribution in [0.1, 0.15) is 25.0 Å². The molecule has 0 aromatic heterocycles. The number of amides is 1. The number of hydrogen-bond acceptors (Lipinski definition) is 6. The summed E-state index contributed by atoms with van der Waals surface area (Å²) in [5.74, 6) is 0.493. The van der Waals surface area contributed by atoms with Crippen molar-refractivity contribution in [3.05, 3.63) is 71.8 Å². The third kappa shape index (κ3) is 5.34. The van der Waals surface area contributed by atoms with Crippen molar-refractivity contribution in [2.75, 3.05) is 31.4 Å². The van der Waals surface area contributed by atoms with Crippen LogP contribution < -0.4 is 20.1 Å². The van der Waals surface area contributed by atoms with Crippen molar-refractivity contribution in [3.63, 3.8) is 0 Å². The lowest BCUT2D eigenvalue weighted by atomic mass is 10.0. The van der Waals surface area contributed by atoms with Crippen LogP contribution in [0.3, 0.4) is 0 Å². The van der Waals surface area contributed by atoms with E-state index in [1.807, 2.05) is 32.0 Å². The van der Waals surface area contributed by atoms with Gasteiger partial charge in [0.05, 0.1) is 36.2 Å². The maximum Gasteiger partial charge on any atom is 0.243 e. The zero-order chi connectivity index (χ0) is 24.7. The molecule has 0 saturated carbocycles. The number of hydrogen-bond donors (Lipinski definition) is 2. The normalized spacial score (nSPS) is 11.1. The third-order valence-corrected chi connectivity index (χ3v) is 7.35. The Morgan fingerprint density at radius 2 is 1.50 bits per heavy atom. The number of aryl methyl sites for hydroxylation is 2. The smallest absolute Gasteiger partial charge is 0.243 e. The predicted molar refractivity (Wildman–Crippen MR) is 134 cm³/mol. The van der Waals surface area contributed by atoms with E-state index in [0.29, 0.717) is 17.2 Å². The number of nitrogens with one attached hydrogen (secondary N) is 2. The molecule has 0 aliphatic rings. The Labute approximate surface area is 201 Å². The van der Waals surface area contributed by atoms with Crippen LogP contribution in [0.25, 0.3) is 0 Å². The van der Waals surface area contributed by atoms with Gasteiger partial charge in [-0.05, 0) is 48.2 Å². The van der Waals surface area contributed by atoms with Crippen molar-refractivity contribution < 1.29 is 22.7 Å². The molecule has 0 bridgehead atoms. The maximum absolute atomic E-state index is 13.4. The molecule has 3 aromatic carbocycles. The molecule has 7 nitrogen and oxygen atoms in total. The van der Waals surface area contributed by atoms with Gasteiger partial charge in [-0.15, -0.1) is 0 Å². The van der Waals surface area contributed by atoms with Gasteiger partial charge < -0.3 is 20.1 Å². The molecule has 180 valence electrons. The maximum atomic E-state index is 13.4. The van der Waals surface area contributed by atoms with Gasteiger partial charge in [0.1, 0.15) is 0 Å². The van der Waals surface area contributed by atoms with E-state index in [4.69, 9.17) is 9.47 Å². The number of para-hydroxylation sites is 2. The van der Waals surface area contributed by atoms with Crippen LogP contribution >= 0.6 is 0 Å². The van der Waals surface area contributed by atoms with Crippen LogP contribution in [0, 0.1) is 0 Å². The summed E-state index contributed by atoms with van der Waals surface area (Å²) in [5.41, 5.74) is 3.28. The lowest BCUT2D eigenvalue weighted by Crippen LogP contribution is -2.24. The average molecular weight is 483 g/mol. The first-order valence-corrected chi connectivity index (χ1v) is 12.5. The minimum Gasteiger partial charge on any atom is -0.493 e. The number of rotatable bonds is 10. The second-order valence-corrected chi connectivity index (χ2v) is 9.49. The number of anilines is 2. The fraction of sp³-hybridized carbons (Fsp3) is 0.269. The Kier molecular flexibility index (Phi) is 8.17. The van der Waals surface area contributed by atoms with Crippen LogP contribution in [0.4, 0.5) is 11.4 Å². The fourth-order valence-electron chi connectivity index (χ4n) is 3.72. The summed E-state index contributed by atoms with van der Waals surface area (Å²) in [7, 11) is -0.953. The monoisotopic (exact) mass is 482 g/mol. The Morgan fingerprint density at radius 1 is 0.853 bits per heavy atom. The lowest BCUT2D eigenvalue weighted by molar-refractivity contribution is -0.114. The molecule has 34 heavy (non-hydrogen) atoms. The largest absolute Gasteiger partial charge is 0.493 e. The van der Waals surface area contributed by atoms with Gasteiger partial charge in [0, 0.05) is 11.8 Å². The Morgan fingerprint density at radius 3 is 2.12 bits per heavy atom. The molecule has 0 radical (unpaired) electrons. The molecule has 2 N–H and O–H groups in total. The van der Waals surface area contributed by atoms with E-state index in [1.165, 1.54) is 32.4 Å². The first kappa shape index (κ1) is 25.1. The molecule has 0 aliphatic carbocycles. The molecular weight excluding hydrogens is 452 g/mol. The molecule has 0 atom stereocenters. The van der Waals surface area contributed by atoms with Gasteiger partial charge in [0.15, 0.2) is 11.5 Å². The molecule has 0 saturated heterocycles. The van der Waals surface area contributed by atoms with E-state index < -0.39 is 9.84 Å². The highest BCUT2D eigenvalue weighted by Crippen LogP contribution is 2.34. The molecule has 0 heterocycles. The van der Waals surface area contributed by atoms with Crippen LogP contribution in [-0.4, -0.2) is 35.1 Å². The molecule has 0 aliphatic heterocycles. The number of benzene rings is 3. The standard InChI is InChI=1S/C26H30N2O5S/c1-5-18-10-9-11-19(6-2)26(18)28-25(29)17-27-21-12-7-8-13-24(21)34(30,31)20-14-15-22(32-3)23(16-20)33-4/h7-16,27H,5-6,17H2,1-4H3,(H,28,29). The molecule has 0 unspecified atom stereocenters. The summed E-state index contributed by atoms with van der Waals surface area (Å²) >= 11 is 0. The number of carbonyl (C=O) groups excluding carboxylic acids is 1. The lowest BCUT2D eigenvalue weighted by Gasteiger charge is -2.16. The highest BCUT2D eigenvalue weighted by Gasteiger charge is 2.23. The molecule has 3 aromatic rings. The van der Waals surface area contributed by atoms with Gasteiger partial charge >= 0.3 is 0 Å². The van der Waals surface area contributed by atoms with Crippen molar-refractivity contribution in [1.29, 1.82) is 0 Å². The molecule has 3 rings (SSSR count). The topological polar surface area (TPSA) is 93.7 Å². The average Bonchev–Trinajstić information content (AvgIpc) is 2.87. The zero-order valence-electron chi connectivity index (χ0n) is 19.8. The van der Waals surface area contributed by atoms with Crippen LogP contribution in [0.2, 0.25) is 0 Å². The molecule has 1 amide bonds. The molecule has 0 fully saturated rings. The summed E-state index contributed by atoms with van der Waals surface area (Å²) in [5, 5.41) is 5.98. The first-order chi connectivity index (χ1) is 16.3. The minimum atomic E-state index is -3.89. The highest BCUT2D eigenvalue weighted by molar-refractivity contribution is 7.91. The van der Waals surface area contributed by atoms with Crippen LogP contribution in [-0.2, 0) is 27.5 Å². The van der Waals surface area contributed by atoms with Crippen molar-refractivity contribution in [1.82, 2.24) is 0 Å². The van der Waals surface area contributed by atoms with E-state index >= 15 is 0 Å². The van der Waals surface area contributed by atoms with E-state index in [1.54, 1.807) is 24.3 Å². The Bertz CT molecular complexity index is 1250. The van der Waals surface area contributed by atoms with E-state index in [0.717, 1.165) is 29.7 Å². The molecule has 0 spiro atoms. The molecule has 8 heteroatoms. The number of ether oxygens (including phenoxy) is 2. The van der Waals surface area contributed by atoms with Crippen molar-refractivity contribution >= 4 is 27.1 Å². The first-order valence-electron chi connectivity index (χ1n) is 11.1. The SMILES string of the molecule is CCc1cccc(CC)c1NC(=O)CNc1ccccc1S(=O)(=O)c1ccc(OC)c(OC)c1. The van der Waals surface area contributed by atoms with Crippen molar-refractivity contribution in [2.24, 2.45) is 0 Å². The summed E-state index contributed by atoms with van der Waals surface area (Å²) in [6.07, 6.45) is 1.59. The van der Waals surface area contributed by atoms with Gasteiger partial charge in [-0.1, -0.05) is 44.2 Å². The van der Waals surface area contributed by atoms with E-state index in [-0.39, 0.29) is 22.2 Å². The summed E-state index contributed by atoms with van der Waals surface area (Å²) in [6.45, 7) is 4.00. The number of sulfone groups is 1. The van der Waals surface area contributed by atoms with Gasteiger partial charge in [-0.25, -0.2) is 8.42 Å². The number of carbonyl (C=O) groups is 1. The summed E-state index contributed by atoms with van der Waals surface area (Å²) in [4.78, 5) is 12.9. The molecular formula is C26H30N2O5S. The highest BCUT2D eigenvalue weighted by atomic mass is 32.2. The summed E-state index contributed by atoms with van der Waals surface area (Å²) < 4.78 is 37.2. The summed E-state index contributed by atoms with van der Waals surface area (Å²) in [6, 6.07) is 16.9. The van der Waals surface area contributed by atoms with Crippen molar-refractivity contribution in [3.8, 4) is 11.5 Å².